The molecule has 20 heavy (non-hydrogen) atoms. The molecule has 2 atom stereocenters. The van der Waals surface area contributed by atoms with Gasteiger partial charge in [-0.05, 0) is 50.3 Å². The Labute approximate surface area is 124 Å². The predicted molar refractivity (Wildman–Crippen MR) is 81.1 cm³/mol. The third-order valence-electron chi connectivity index (χ3n) is 4.43. The van der Waals surface area contributed by atoms with Gasteiger partial charge in [0.1, 0.15) is 0 Å². The molecular weight excluding hydrogens is 274 g/mol. The summed E-state index contributed by atoms with van der Waals surface area (Å²) in [5, 5.41) is 3.63. The minimum atomic E-state index is -0.0238. The maximum atomic E-state index is 12.5. The molecular formula is C15H20ClN3O. The van der Waals surface area contributed by atoms with Crippen LogP contribution < -0.4 is 11.1 Å². The molecule has 2 fully saturated rings. The number of urea groups is 1. The number of rotatable bonds is 1. The number of piperidine rings is 1. The van der Waals surface area contributed by atoms with E-state index < -0.39 is 0 Å². The highest BCUT2D eigenvalue weighted by Gasteiger charge is 2.42. The fraction of sp³-hybridized carbons (Fsp3) is 0.533. The number of nitrogens with two attached hydrogens (primary N) is 1. The highest BCUT2D eigenvalue weighted by atomic mass is 35.5. The summed E-state index contributed by atoms with van der Waals surface area (Å²) in [6.07, 6.45) is 3.97. The molecule has 2 aliphatic rings. The molecule has 2 heterocycles. The van der Waals surface area contributed by atoms with Gasteiger partial charge < -0.3 is 16.0 Å². The molecule has 2 bridgehead atoms. The Morgan fingerprint density at radius 2 is 2.00 bits per heavy atom. The van der Waals surface area contributed by atoms with Crippen molar-refractivity contribution in [1.82, 2.24) is 4.90 Å². The molecule has 1 aromatic carbocycles. The summed E-state index contributed by atoms with van der Waals surface area (Å²) >= 11 is 6.09. The van der Waals surface area contributed by atoms with E-state index in [4.69, 9.17) is 17.3 Å². The van der Waals surface area contributed by atoms with E-state index in [1.165, 1.54) is 0 Å². The highest BCUT2D eigenvalue weighted by molar-refractivity contribution is 6.31. The standard InChI is InChI=1S/C15H20ClN3O/c1-9-2-3-11(8-14(9)16)18-15(20)19-12-4-5-13(19)7-10(17)6-12/h2-3,8,10,12-13H,4-7,17H2,1H3,(H,18,20). The summed E-state index contributed by atoms with van der Waals surface area (Å²) in [4.78, 5) is 14.4. The van der Waals surface area contributed by atoms with E-state index >= 15 is 0 Å². The molecule has 4 nitrogen and oxygen atoms in total. The van der Waals surface area contributed by atoms with Crippen molar-refractivity contribution in [2.75, 3.05) is 5.32 Å². The number of aryl methyl sites for hydroxylation is 1. The number of halogens is 1. The summed E-state index contributed by atoms with van der Waals surface area (Å²) in [6, 6.07) is 6.41. The van der Waals surface area contributed by atoms with Crippen molar-refractivity contribution < 1.29 is 4.79 Å². The molecule has 0 radical (unpaired) electrons. The molecule has 2 unspecified atom stereocenters. The zero-order chi connectivity index (χ0) is 14.3. The second kappa shape index (κ2) is 5.26. The van der Waals surface area contributed by atoms with E-state index in [-0.39, 0.29) is 12.1 Å². The Morgan fingerprint density at radius 3 is 2.60 bits per heavy atom. The van der Waals surface area contributed by atoms with E-state index in [1.54, 1.807) is 6.07 Å². The fourth-order valence-electron chi connectivity index (χ4n) is 3.41. The molecule has 0 aromatic heterocycles. The van der Waals surface area contributed by atoms with Gasteiger partial charge in [-0.3, -0.25) is 0 Å². The highest BCUT2D eigenvalue weighted by Crippen LogP contribution is 2.35. The first-order chi connectivity index (χ1) is 9.54. The third kappa shape index (κ3) is 2.50. The number of hydrogen-bond donors (Lipinski definition) is 2. The Kier molecular flexibility index (Phi) is 3.61. The van der Waals surface area contributed by atoms with Crippen molar-refractivity contribution in [3.63, 3.8) is 0 Å². The number of amides is 2. The van der Waals surface area contributed by atoms with Crippen LogP contribution >= 0.6 is 11.6 Å². The summed E-state index contributed by atoms with van der Waals surface area (Å²) in [6.45, 7) is 1.94. The molecule has 0 spiro atoms. The topological polar surface area (TPSA) is 58.4 Å². The largest absolute Gasteiger partial charge is 0.328 e. The number of nitrogens with one attached hydrogen (secondary N) is 1. The van der Waals surface area contributed by atoms with E-state index in [9.17, 15) is 4.79 Å². The van der Waals surface area contributed by atoms with Crippen molar-refractivity contribution in [3.8, 4) is 0 Å². The van der Waals surface area contributed by atoms with Crippen LogP contribution in [0.5, 0.6) is 0 Å². The minimum absolute atomic E-state index is 0.0238. The second-order valence-corrected chi connectivity index (χ2v) is 6.33. The maximum Gasteiger partial charge on any atom is 0.322 e. The van der Waals surface area contributed by atoms with Crippen molar-refractivity contribution in [2.45, 2.75) is 50.7 Å². The quantitative estimate of drug-likeness (QED) is 0.836. The van der Waals surface area contributed by atoms with Crippen molar-refractivity contribution in [3.05, 3.63) is 28.8 Å². The van der Waals surface area contributed by atoms with Gasteiger partial charge in [0.25, 0.3) is 0 Å². The number of fused-ring (bicyclic) bond motifs is 2. The average molecular weight is 294 g/mol. The third-order valence-corrected chi connectivity index (χ3v) is 4.83. The SMILES string of the molecule is Cc1ccc(NC(=O)N2C3CCC2CC(N)C3)cc1Cl. The number of benzene rings is 1. The predicted octanol–water partition coefficient (Wildman–Crippen LogP) is 3.13. The lowest BCUT2D eigenvalue weighted by Crippen LogP contribution is -2.51. The molecule has 5 heteroatoms. The van der Waals surface area contributed by atoms with Crippen LogP contribution in [0.4, 0.5) is 10.5 Å². The van der Waals surface area contributed by atoms with Crippen LogP contribution in [-0.4, -0.2) is 29.1 Å². The van der Waals surface area contributed by atoms with Gasteiger partial charge in [0.15, 0.2) is 0 Å². The van der Waals surface area contributed by atoms with Gasteiger partial charge in [0.05, 0.1) is 0 Å². The smallest absolute Gasteiger partial charge is 0.322 e. The summed E-state index contributed by atoms with van der Waals surface area (Å²) < 4.78 is 0. The van der Waals surface area contributed by atoms with Gasteiger partial charge in [0, 0.05) is 28.8 Å². The molecule has 2 amide bonds. The van der Waals surface area contributed by atoms with Crippen molar-refractivity contribution in [1.29, 1.82) is 0 Å². The monoisotopic (exact) mass is 293 g/mol. The Hall–Kier alpha value is -1.26. The lowest BCUT2D eigenvalue weighted by molar-refractivity contribution is 0.150. The van der Waals surface area contributed by atoms with E-state index in [1.807, 2.05) is 24.0 Å². The fourth-order valence-corrected chi connectivity index (χ4v) is 3.59. The van der Waals surface area contributed by atoms with Gasteiger partial charge in [-0.1, -0.05) is 17.7 Å². The number of hydrogen-bond acceptors (Lipinski definition) is 2. The molecule has 3 N–H and O–H groups in total. The molecule has 1 aromatic rings. The molecule has 108 valence electrons. The molecule has 0 aliphatic carbocycles. The van der Waals surface area contributed by atoms with E-state index in [0.717, 1.165) is 36.9 Å². The van der Waals surface area contributed by atoms with Gasteiger partial charge in [-0.15, -0.1) is 0 Å². The van der Waals surface area contributed by atoms with Gasteiger partial charge in [0.2, 0.25) is 0 Å². The van der Waals surface area contributed by atoms with Gasteiger partial charge in [-0.25, -0.2) is 4.79 Å². The van der Waals surface area contributed by atoms with Crippen LogP contribution in [-0.2, 0) is 0 Å². The number of nitrogens with zero attached hydrogens (tertiary/aromatic N) is 1. The van der Waals surface area contributed by atoms with Crippen LogP contribution in [0.15, 0.2) is 18.2 Å². The summed E-state index contributed by atoms with van der Waals surface area (Å²) in [7, 11) is 0. The lowest BCUT2D eigenvalue weighted by atomic mass is 9.99. The summed E-state index contributed by atoms with van der Waals surface area (Å²) in [5.74, 6) is 0. The minimum Gasteiger partial charge on any atom is -0.328 e. The van der Waals surface area contributed by atoms with Crippen molar-refractivity contribution >= 4 is 23.3 Å². The number of carbonyl (C=O) groups excluding carboxylic acids is 1. The van der Waals surface area contributed by atoms with E-state index in [2.05, 4.69) is 5.32 Å². The van der Waals surface area contributed by atoms with Gasteiger partial charge in [-0.2, -0.15) is 0 Å². The normalized spacial score (nSPS) is 28.6. The first-order valence-corrected chi connectivity index (χ1v) is 7.53. The Balaban J connectivity index is 1.72. The number of carbonyl (C=O) groups is 1. The van der Waals surface area contributed by atoms with Crippen LogP contribution in [0.25, 0.3) is 0 Å². The summed E-state index contributed by atoms with van der Waals surface area (Å²) in [5.41, 5.74) is 7.79. The van der Waals surface area contributed by atoms with E-state index in [0.29, 0.717) is 17.1 Å². The average Bonchev–Trinajstić information content (AvgIpc) is 2.66. The zero-order valence-electron chi connectivity index (χ0n) is 11.6. The van der Waals surface area contributed by atoms with Crippen molar-refractivity contribution in [2.24, 2.45) is 5.73 Å². The van der Waals surface area contributed by atoms with Crippen LogP contribution in [0.1, 0.15) is 31.2 Å². The maximum absolute atomic E-state index is 12.5. The Morgan fingerprint density at radius 1 is 1.35 bits per heavy atom. The zero-order valence-corrected chi connectivity index (χ0v) is 12.4. The lowest BCUT2D eigenvalue weighted by Gasteiger charge is -2.37. The number of anilines is 1. The second-order valence-electron chi connectivity index (χ2n) is 5.92. The Bertz CT molecular complexity index is 520. The molecule has 2 saturated heterocycles. The van der Waals surface area contributed by atoms with Crippen LogP contribution in [0, 0.1) is 6.92 Å². The van der Waals surface area contributed by atoms with Gasteiger partial charge >= 0.3 is 6.03 Å². The first kappa shape index (κ1) is 13.7. The van der Waals surface area contributed by atoms with Crippen LogP contribution in [0.3, 0.4) is 0 Å². The first-order valence-electron chi connectivity index (χ1n) is 7.15. The van der Waals surface area contributed by atoms with Crippen LogP contribution in [0.2, 0.25) is 5.02 Å². The molecule has 0 saturated carbocycles. The molecule has 2 aliphatic heterocycles. The molecule has 3 rings (SSSR count).